The number of H-pyrrole nitrogens is 1. The highest BCUT2D eigenvalue weighted by atomic mass is 32.2. The molecule has 1 unspecified atom stereocenters. The van der Waals surface area contributed by atoms with E-state index in [0.717, 1.165) is 0 Å². The summed E-state index contributed by atoms with van der Waals surface area (Å²) in [6.45, 7) is 3.00. The summed E-state index contributed by atoms with van der Waals surface area (Å²) in [7, 11) is -1.32. The number of hydrogen-bond donors (Lipinski definition) is 1. The molecule has 0 spiro atoms. The molecule has 0 aromatic carbocycles. The molecule has 2 aromatic heterocycles. The topological polar surface area (TPSA) is 92.8 Å². The van der Waals surface area contributed by atoms with E-state index >= 15 is 0 Å². The zero-order chi connectivity index (χ0) is 13.4. The van der Waals surface area contributed by atoms with Gasteiger partial charge in [-0.1, -0.05) is 0 Å². The van der Waals surface area contributed by atoms with Crippen LogP contribution in [0, 0.1) is 6.92 Å². The van der Waals surface area contributed by atoms with Crippen molar-refractivity contribution in [1.82, 2.24) is 15.0 Å². The van der Waals surface area contributed by atoms with E-state index in [4.69, 9.17) is 0 Å². The van der Waals surface area contributed by atoms with E-state index in [0.29, 0.717) is 16.6 Å². The fourth-order valence-corrected chi connectivity index (χ4v) is 2.19. The van der Waals surface area contributed by atoms with Crippen molar-refractivity contribution in [3.8, 4) is 0 Å². The zero-order valence-corrected chi connectivity index (χ0v) is 10.9. The number of hydrogen-bond acceptors (Lipinski definition) is 5. The van der Waals surface area contributed by atoms with Gasteiger partial charge in [-0.25, -0.2) is 9.97 Å². The van der Waals surface area contributed by atoms with Crippen molar-refractivity contribution in [2.24, 2.45) is 0 Å². The van der Waals surface area contributed by atoms with Crippen molar-refractivity contribution < 1.29 is 9.00 Å². The van der Waals surface area contributed by atoms with Crippen molar-refractivity contribution in [2.45, 2.75) is 19.0 Å². The standard InChI is InChI=1S/C11H11N3O3S/c1-5-7-4-12-11(18(3)17)14-9(7)13-10(16)8(5)6(2)15/h4H,1-3H3,(H,12,13,14,16). The first kappa shape index (κ1) is 12.6. The van der Waals surface area contributed by atoms with Crippen LogP contribution >= 0.6 is 0 Å². The second-order valence-corrected chi connectivity index (χ2v) is 5.15. The summed E-state index contributed by atoms with van der Waals surface area (Å²) in [5, 5.41) is 0.724. The van der Waals surface area contributed by atoms with Gasteiger partial charge >= 0.3 is 0 Å². The summed E-state index contributed by atoms with van der Waals surface area (Å²) >= 11 is 0. The summed E-state index contributed by atoms with van der Waals surface area (Å²) < 4.78 is 11.3. The maximum absolute atomic E-state index is 11.8. The van der Waals surface area contributed by atoms with Gasteiger partial charge in [0.2, 0.25) is 5.16 Å². The summed E-state index contributed by atoms with van der Waals surface area (Å²) in [5.41, 5.74) is 0.452. The molecule has 18 heavy (non-hydrogen) atoms. The highest BCUT2D eigenvalue weighted by Crippen LogP contribution is 2.15. The molecule has 1 atom stereocenters. The van der Waals surface area contributed by atoms with Crippen LogP contribution < -0.4 is 5.56 Å². The molecule has 0 bridgehead atoms. The first-order valence-electron chi connectivity index (χ1n) is 5.15. The number of Topliss-reactive ketones (excluding diaryl/α,β-unsaturated/α-hetero) is 1. The van der Waals surface area contributed by atoms with Crippen LogP contribution in [0.15, 0.2) is 16.1 Å². The van der Waals surface area contributed by atoms with Crippen LogP contribution in [0.5, 0.6) is 0 Å². The Balaban J connectivity index is 2.86. The van der Waals surface area contributed by atoms with Gasteiger partial charge in [0.1, 0.15) is 5.65 Å². The molecule has 2 aromatic rings. The van der Waals surface area contributed by atoms with Gasteiger partial charge in [-0.3, -0.25) is 13.8 Å². The second-order valence-electron chi connectivity index (χ2n) is 3.88. The fraction of sp³-hybridized carbons (Fsp3) is 0.273. The molecule has 0 aliphatic carbocycles. The molecular weight excluding hydrogens is 254 g/mol. The Morgan fingerprint density at radius 2 is 2.11 bits per heavy atom. The van der Waals surface area contributed by atoms with Crippen molar-refractivity contribution in [3.63, 3.8) is 0 Å². The monoisotopic (exact) mass is 265 g/mol. The van der Waals surface area contributed by atoms with Crippen LogP contribution in [0.2, 0.25) is 0 Å². The van der Waals surface area contributed by atoms with E-state index in [1.54, 1.807) is 6.92 Å². The smallest absolute Gasteiger partial charge is 0.260 e. The highest BCUT2D eigenvalue weighted by molar-refractivity contribution is 7.84. The van der Waals surface area contributed by atoms with Gasteiger partial charge in [0.15, 0.2) is 5.78 Å². The number of carbonyl (C=O) groups is 1. The molecule has 0 fully saturated rings. The molecule has 0 aliphatic rings. The van der Waals surface area contributed by atoms with Crippen LogP contribution in [0.1, 0.15) is 22.8 Å². The molecule has 2 rings (SSSR count). The minimum absolute atomic E-state index is 0.108. The van der Waals surface area contributed by atoms with Crippen molar-refractivity contribution >= 4 is 27.6 Å². The third-order valence-corrected chi connectivity index (χ3v) is 3.32. The number of nitrogens with zero attached hydrogens (tertiary/aromatic N) is 2. The van der Waals surface area contributed by atoms with Crippen molar-refractivity contribution in [1.29, 1.82) is 0 Å². The SMILES string of the molecule is CC(=O)c1c(C)c2cnc(S(C)=O)nc2[nH]c1=O. The number of aromatic amines is 1. The third-order valence-electron chi connectivity index (χ3n) is 2.61. The predicted octanol–water partition coefficient (Wildman–Crippen LogP) is 0.567. The molecule has 6 nitrogen and oxygen atoms in total. The predicted molar refractivity (Wildman–Crippen MR) is 67.2 cm³/mol. The average molecular weight is 265 g/mol. The van der Waals surface area contributed by atoms with Gasteiger partial charge in [0, 0.05) is 17.8 Å². The Morgan fingerprint density at radius 1 is 1.44 bits per heavy atom. The molecular formula is C11H11N3O3S. The number of ketones is 1. The van der Waals surface area contributed by atoms with Gasteiger partial charge in [-0.2, -0.15) is 0 Å². The van der Waals surface area contributed by atoms with E-state index in [9.17, 15) is 13.8 Å². The normalized spacial score (nSPS) is 12.6. The van der Waals surface area contributed by atoms with E-state index in [2.05, 4.69) is 15.0 Å². The van der Waals surface area contributed by atoms with Gasteiger partial charge in [-0.15, -0.1) is 0 Å². The van der Waals surface area contributed by atoms with Crippen LogP contribution in [0.3, 0.4) is 0 Å². The lowest BCUT2D eigenvalue weighted by Crippen LogP contribution is -2.19. The Hall–Kier alpha value is -1.89. The zero-order valence-electron chi connectivity index (χ0n) is 10.1. The number of carbonyl (C=O) groups excluding carboxylic acids is 1. The Labute approximate surface area is 105 Å². The van der Waals surface area contributed by atoms with Crippen LogP contribution in [0.25, 0.3) is 11.0 Å². The van der Waals surface area contributed by atoms with Gasteiger partial charge in [0.05, 0.1) is 16.4 Å². The van der Waals surface area contributed by atoms with E-state index in [1.807, 2.05) is 0 Å². The summed E-state index contributed by atoms with van der Waals surface area (Å²) in [6.07, 6.45) is 2.92. The molecule has 0 radical (unpaired) electrons. The molecule has 0 saturated heterocycles. The number of fused-ring (bicyclic) bond motifs is 1. The van der Waals surface area contributed by atoms with E-state index in [-0.39, 0.29) is 16.5 Å². The Morgan fingerprint density at radius 3 is 2.67 bits per heavy atom. The summed E-state index contributed by atoms with van der Waals surface area (Å²) in [6, 6.07) is 0. The molecule has 2 heterocycles. The number of aryl methyl sites for hydroxylation is 1. The fourth-order valence-electron chi connectivity index (χ4n) is 1.77. The minimum Gasteiger partial charge on any atom is -0.306 e. The van der Waals surface area contributed by atoms with Crippen molar-refractivity contribution in [3.05, 3.63) is 27.7 Å². The summed E-state index contributed by atoms with van der Waals surface area (Å²) in [4.78, 5) is 33.6. The van der Waals surface area contributed by atoms with Gasteiger partial charge < -0.3 is 4.98 Å². The second kappa shape index (κ2) is 4.41. The minimum atomic E-state index is -1.32. The summed E-state index contributed by atoms with van der Waals surface area (Å²) in [5.74, 6) is -0.307. The first-order valence-corrected chi connectivity index (χ1v) is 6.71. The number of aromatic nitrogens is 3. The van der Waals surface area contributed by atoms with Crippen molar-refractivity contribution in [2.75, 3.05) is 6.26 Å². The number of nitrogens with one attached hydrogen (secondary N) is 1. The largest absolute Gasteiger partial charge is 0.306 e. The molecule has 94 valence electrons. The van der Waals surface area contributed by atoms with E-state index < -0.39 is 16.4 Å². The van der Waals surface area contributed by atoms with Gasteiger partial charge in [-0.05, 0) is 19.4 Å². The lowest BCUT2D eigenvalue weighted by Gasteiger charge is -2.05. The quantitative estimate of drug-likeness (QED) is 0.633. The highest BCUT2D eigenvalue weighted by Gasteiger charge is 2.14. The first-order chi connectivity index (χ1) is 8.41. The lowest BCUT2D eigenvalue weighted by molar-refractivity contribution is 0.101. The third kappa shape index (κ3) is 1.97. The maximum atomic E-state index is 11.8. The number of pyridine rings is 1. The number of rotatable bonds is 2. The molecule has 0 amide bonds. The molecule has 1 N–H and O–H groups in total. The molecule has 0 aliphatic heterocycles. The van der Waals surface area contributed by atoms with Crippen LogP contribution in [0.4, 0.5) is 0 Å². The Kier molecular flexibility index (Phi) is 3.08. The molecule has 0 saturated carbocycles. The average Bonchev–Trinajstić information content (AvgIpc) is 2.27. The molecule has 7 heteroatoms. The van der Waals surface area contributed by atoms with Crippen LogP contribution in [-0.2, 0) is 10.8 Å². The lowest BCUT2D eigenvalue weighted by atomic mass is 10.1. The maximum Gasteiger partial charge on any atom is 0.260 e. The van der Waals surface area contributed by atoms with Gasteiger partial charge in [0.25, 0.3) is 5.56 Å². The van der Waals surface area contributed by atoms with E-state index in [1.165, 1.54) is 19.4 Å². The Bertz CT molecular complexity index is 736. The van der Waals surface area contributed by atoms with Crippen LogP contribution in [-0.4, -0.2) is 31.2 Å².